The Hall–Kier alpha value is -0.660. The average Bonchev–Trinajstić information content (AvgIpc) is 2.40. The monoisotopic (exact) mass is 366 g/mol. The minimum atomic E-state index is -3.96. The molecule has 1 aromatic carbocycles. The number of hydrogen-bond acceptors (Lipinski definition) is 3. The van der Waals surface area contributed by atoms with Gasteiger partial charge in [0.2, 0.25) is 10.0 Å². The minimum absolute atomic E-state index is 0.0352. The number of nitrogens with two attached hydrogens (primary N) is 1. The maximum Gasteiger partial charge on any atom is 0.244 e. The van der Waals surface area contributed by atoms with Crippen LogP contribution < -0.4 is 10.5 Å². The summed E-state index contributed by atoms with van der Waals surface area (Å²) in [4.78, 5) is -0.427. The lowest BCUT2D eigenvalue weighted by Gasteiger charge is -2.31. The van der Waals surface area contributed by atoms with E-state index in [1.54, 1.807) is 0 Å². The molecule has 114 valence electrons. The molecule has 0 unspecified atom stereocenters. The van der Waals surface area contributed by atoms with Gasteiger partial charge in [0.05, 0.1) is 4.47 Å². The highest BCUT2D eigenvalue weighted by Crippen LogP contribution is 2.28. The second-order valence-corrected chi connectivity index (χ2v) is 7.27. The van der Waals surface area contributed by atoms with Crippen LogP contribution >= 0.6 is 15.9 Å². The Balaban J connectivity index is 3.31. The molecule has 0 saturated heterocycles. The molecule has 0 fully saturated rings. The molecule has 7 heteroatoms. The maximum atomic E-state index is 14.0. The molecule has 4 nitrogen and oxygen atoms in total. The van der Waals surface area contributed by atoms with E-state index in [2.05, 4.69) is 20.7 Å². The van der Waals surface area contributed by atoms with Crippen molar-refractivity contribution < 1.29 is 12.8 Å². The highest BCUT2D eigenvalue weighted by Gasteiger charge is 2.32. The van der Waals surface area contributed by atoms with E-state index in [9.17, 15) is 12.8 Å². The van der Waals surface area contributed by atoms with E-state index in [0.717, 1.165) is 6.07 Å². The van der Waals surface area contributed by atoms with Gasteiger partial charge < -0.3 is 5.73 Å². The lowest BCUT2D eigenvalue weighted by atomic mass is 9.91. The first kappa shape index (κ1) is 17.4. The smallest absolute Gasteiger partial charge is 0.244 e. The predicted molar refractivity (Wildman–Crippen MR) is 82.4 cm³/mol. The van der Waals surface area contributed by atoms with Crippen molar-refractivity contribution in [2.45, 2.75) is 50.5 Å². The molecular weight excluding hydrogens is 347 g/mol. The summed E-state index contributed by atoms with van der Waals surface area (Å²) in [7, 11) is -3.96. The summed E-state index contributed by atoms with van der Waals surface area (Å²) in [5.41, 5.74) is 5.22. The molecule has 20 heavy (non-hydrogen) atoms. The summed E-state index contributed by atoms with van der Waals surface area (Å²) in [6.07, 6.45) is 1.89. The molecule has 0 aliphatic rings. The molecule has 0 aliphatic heterocycles. The molecule has 0 atom stereocenters. The number of benzene rings is 1. The lowest BCUT2D eigenvalue weighted by Crippen LogP contribution is -2.47. The summed E-state index contributed by atoms with van der Waals surface area (Å²) >= 11 is 2.97. The van der Waals surface area contributed by atoms with Gasteiger partial charge in [-0.1, -0.05) is 20.8 Å². The van der Waals surface area contributed by atoms with Crippen molar-refractivity contribution in [2.24, 2.45) is 0 Å². The Morgan fingerprint density at radius 1 is 1.25 bits per heavy atom. The molecular formula is C13H20BrFN2O2S. The third-order valence-corrected chi connectivity index (χ3v) is 5.84. The number of sulfonamides is 1. The number of hydrogen-bond donors (Lipinski definition) is 2. The van der Waals surface area contributed by atoms with Crippen LogP contribution in [0, 0.1) is 5.82 Å². The van der Waals surface area contributed by atoms with Gasteiger partial charge in [0, 0.05) is 11.2 Å². The maximum absolute atomic E-state index is 14.0. The summed E-state index contributed by atoms with van der Waals surface area (Å²) in [6.45, 7) is 5.71. The Kier molecular flexibility index (Phi) is 5.57. The molecule has 3 N–H and O–H groups in total. The van der Waals surface area contributed by atoms with E-state index in [-0.39, 0.29) is 10.2 Å². The summed E-state index contributed by atoms with van der Waals surface area (Å²) in [6, 6.07) is 2.47. The summed E-state index contributed by atoms with van der Waals surface area (Å²) in [5, 5.41) is 0. The molecule has 0 spiro atoms. The fourth-order valence-corrected chi connectivity index (χ4v) is 4.45. The lowest BCUT2D eigenvalue weighted by molar-refractivity contribution is 0.341. The number of rotatable bonds is 6. The van der Waals surface area contributed by atoms with Gasteiger partial charge in [-0.05, 0) is 47.3 Å². The molecule has 0 aliphatic carbocycles. The molecule has 0 heterocycles. The van der Waals surface area contributed by atoms with Crippen molar-refractivity contribution in [1.29, 1.82) is 0 Å². The molecule has 0 aromatic heterocycles. The van der Waals surface area contributed by atoms with E-state index >= 15 is 0 Å². The van der Waals surface area contributed by atoms with Crippen LogP contribution in [0.2, 0.25) is 0 Å². The standard InChI is InChI=1S/C13H20BrFN2O2S/c1-4-13(5-2,6-3)17-20(18,19)11-8-9(16)7-10(14)12(11)15/h7-8,17H,4-6,16H2,1-3H3. The Labute approximate surface area is 128 Å². The van der Waals surface area contributed by atoms with E-state index in [1.807, 2.05) is 20.8 Å². The van der Waals surface area contributed by atoms with E-state index in [4.69, 9.17) is 5.73 Å². The van der Waals surface area contributed by atoms with Crippen LogP contribution in [-0.4, -0.2) is 14.0 Å². The van der Waals surface area contributed by atoms with E-state index in [0.29, 0.717) is 19.3 Å². The van der Waals surface area contributed by atoms with Crippen molar-refractivity contribution in [2.75, 3.05) is 5.73 Å². The third kappa shape index (κ3) is 3.51. The molecule has 0 saturated carbocycles. The molecule has 0 bridgehead atoms. The van der Waals surface area contributed by atoms with Crippen molar-refractivity contribution in [3.63, 3.8) is 0 Å². The van der Waals surface area contributed by atoms with E-state index in [1.165, 1.54) is 6.07 Å². The van der Waals surface area contributed by atoms with Crippen molar-refractivity contribution in [3.05, 3.63) is 22.4 Å². The topological polar surface area (TPSA) is 72.2 Å². The van der Waals surface area contributed by atoms with Gasteiger partial charge >= 0.3 is 0 Å². The van der Waals surface area contributed by atoms with Crippen LogP contribution in [0.5, 0.6) is 0 Å². The Bertz CT molecular complexity index is 578. The van der Waals surface area contributed by atoms with Crippen molar-refractivity contribution in [3.8, 4) is 0 Å². The molecule has 0 amide bonds. The molecule has 1 rings (SSSR count). The van der Waals surface area contributed by atoms with Gasteiger partial charge in [0.15, 0.2) is 5.82 Å². The SMILES string of the molecule is CCC(CC)(CC)NS(=O)(=O)c1cc(N)cc(Br)c1F. The summed E-state index contributed by atoms with van der Waals surface area (Å²) < 4.78 is 41.5. The van der Waals surface area contributed by atoms with Crippen LogP contribution in [0.4, 0.5) is 10.1 Å². The number of halogens is 2. The zero-order valence-corrected chi connectivity index (χ0v) is 14.2. The van der Waals surface area contributed by atoms with Gasteiger partial charge in [-0.25, -0.2) is 17.5 Å². The normalized spacial score (nSPS) is 12.7. The van der Waals surface area contributed by atoms with Gasteiger partial charge in [-0.2, -0.15) is 0 Å². The van der Waals surface area contributed by atoms with Gasteiger partial charge in [0.25, 0.3) is 0 Å². The second-order valence-electron chi connectivity index (χ2n) is 4.76. The van der Waals surface area contributed by atoms with E-state index < -0.39 is 26.3 Å². The zero-order chi connectivity index (χ0) is 15.6. The zero-order valence-electron chi connectivity index (χ0n) is 11.8. The predicted octanol–water partition coefficient (Wildman–Crippen LogP) is 3.42. The average molecular weight is 367 g/mol. The Morgan fingerprint density at radius 3 is 2.20 bits per heavy atom. The van der Waals surface area contributed by atoms with Crippen molar-refractivity contribution in [1.82, 2.24) is 4.72 Å². The summed E-state index contributed by atoms with van der Waals surface area (Å²) in [5.74, 6) is -0.830. The first-order chi connectivity index (χ1) is 9.21. The molecule has 1 aromatic rings. The fraction of sp³-hybridized carbons (Fsp3) is 0.538. The second kappa shape index (κ2) is 6.41. The number of anilines is 1. The van der Waals surface area contributed by atoms with Gasteiger partial charge in [0.1, 0.15) is 4.90 Å². The highest BCUT2D eigenvalue weighted by atomic mass is 79.9. The van der Waals surface area contributed by atoms with Crippen LogP contribution in [-0.2, 0) is 10.0 Å². The molecule has 0 radical (unpaired) electrons. The number of nitrogens with one attached hydrogen (secondary N) is 1. The third-order valence-electron chi connectivity index (χ3n) is 3.69. The first-order valence-electron chi connectivity index (χ1n) is 6.49. The minimum Gasteiger partial charge on any atom is -0.399 e. The largest absolute Gasteiger partial charge is 0.399 e. The van der Waals surface area contributed by atoms with Gasteiger partial charge in [-0.3, -0.25) is 0 Å². The quantitative estimate of drug-likeness (QED) is 0.757. The van der Waals surface area contributed by atoms with Crippen LogP contribution in [0.15, 0.2) is 21.5 Å². The van der Waals surface area contributed by atoms with Gasteiger partial charge in [-0.15, -0.1) is 0 Å². The number of nitrogen functional groups attached to an aromatic ring is 1. The van der Waals surface area contributed by atoms with Crippen LogP contribution in [0.1, 0.15) is 40.0 Å². The van der Waals surface area contributed by atoms with Crippen LogP contribution in [0.25, 0.3) is 0 Å². The van der Waals surface area contributed by atoms with Crippen molar-refractivity contribution >= 4 is 31.6 Å². The fourth-order valence-electron chi connectivity index (χ4n) is 2.09. The highest BCUT2D eigenvalue weighted by molar-refractivity contribution is 9.10. The first-order valence-corrected chi connectivity index (χ1v) is 8.77. The van der Waals surface area contributed by atoms with Crippen LogP contribution in [0.3, 0.4) is 0 Å². The Morgan fingerprint density at radius 2 is 1.75 bits per heavy atom.